The number of aromatic nitrogens is 4. The number of aliphatic hydroxyl groups excluding tert-OH is 1. The molecule has 3 aromatic carbocycles. The lowest BCUT2D eigenvalue weighted by Gasteiger charge is -2.35. The van der Waals surface area contributed by atoms with Crippen molar-refractivity contribution in [3.63, 3.8) is 0 Å². The molecule has 1 aliphatic rings. The highest BCUT2D eigenvalue weighted by molar-refractivity contribution is 7.13. The summed E-state index contributed by atoms with van der Waals surface area (Å²) in [5.74, 6) is -0.711. The minimum absolute atomic E-state index is 0.0115. The molecule has 0 spiro atoms. The first kappa shape index (κ1) is 58.1. The average Bonchev–Trinajstić information content (AvgIpc) is 4.23. The minimum Gasteiger partial charge on any atom is -0.391 e. The lowest BCUT2D eigenvalue weighted by Crippen LogP contribution is -2.57. The van der Waals surface area contributed by atoms with Gasteiger partial charge in [-0.15, -0.1) is 11.3 Å². The largest absolute Gasteiger partial charge is 0.391 e. The molecule has 0 aliphatic carbocycles. The van der Waals surface area contributed by atoms with Gasteiger partial charge in [-0.2, -0.15) is 10.4 Å². The SMILES string of the molecule is Cc1ncsc1-c1ccc(CNC(=O)[C@@H]2C[C@@H](O)CN2C(=O)[C@@H](NC(=O)CCCCCCCNC(=O)CCCn2cc(-c3ccc(NC(=O)[C@H](NC[C@@H](C)c4ccc(C#N)cc4)c4ccccc4)nc3)cn2)C(C)(C)C)cc1. The van der Waals surface area contributed by atoms with Crippen LogP contribution in [0.3, 0.4) is 0 Å². The molecule has 0 saturated carbocycles. The zero-order chi connectivity index (χ0) is 55.6. The summed E-state index contributed by atoms with van der Waals surface area (Å²) in [6, 6.07) is 28.4. The van der Waals surface area contributed by atoms with Crippen molar-refractivity contribution in [1.29, 1.82) is 5.26 Å². The van der Waals surface area contributed by atoms with Crippen LogP contribution in [0.25, 0.3) is 21.6 Å². The summed E-state index contributed by atoms with van der Waals surface area (Å²) in [6.45, 7) is 11.6. The van der Waals surface area contributed by atoms with Gasteiger partial charge in [0.2, 0.25) is 29.5 Å². The van der Waals surface area contributed by atoms with E-state index in [1.807, 2.05) is 112 Å². The summed E-state index contributed by atoms with van der Waals surface area (Å²) in [6.07, 6.45) is 9.94. The first-order valence-corrected chi connectivity index (χ1v) is 27.8. The van der Waals surface area contributed by atoms with Crippen molar-refractivity contribution >= 4 is 46.7 Å². The van der Waals surface area contributed by atoms with Crippen LogP contribution >= 0.6 is 11.3 Å². The second-order valence-electron chi connectivity index (χ2n) is 21.2. The second kappa shape index (κ2) is 28.2. The van der Waals surface area contributed by atoms with E-state index >= 15 is 0 Å². The molecule has 4 heterocycles. The van der Waals surface area contributed by atoms with Crippen LogP contribution in [0.5, 0.6) is 0 Å². The number of nitrogens with zero attached hydrogens (tertiary/aromatic N) is 6. The number of nitrogens with one attached hydrogen (secondary N) is 5. The van der Waals surface area contributed by atoms with Gasteiger partial charge in [0.25, 0.3) is 0 Å². The highest BCUT2D eigenvalue weighted by Crippen LogP contribution is 2.29. The molecule has 7 rings (SSSR count). The molecule has 78 heavy (non-hydrogen) atoms. The number of thiazole rings is 1. The van der Waals surface area contributed by atoms with Gasteiger partial charge in [0.05, 0.1) is 40.0 Å². The number of unbranched alkanes of at least 4 members (excludes halogenated alkanes) is 4. The third kappa shape index (κ3) is 16.7. The third-order valence-corrected chi connectivity index (χ3v) is 15.0. The zero-order valence-electron chi connectivity index (χ0n) is 45.3. The molecule has 1 saturated heterocycles. The van der Waals surface area contributed by atoms with Crippen molar-refractivity contribution in [2.75, 3.05) is 25.0 Å². The fraction of sp³-hybridized carbons (Fsp3) is 0.417. The summed E-state index contributed by atoms with van der Waals surface area (Å²) >= 11 is 1.58. The molecule has 6 aromatic rings. The van der Waals surface area contributed by atoms with E-state index in [2.05, 4.69) is 54.6 Å². The number of hydrogen-bond donors (Lipinski definition) is 6. The maximum absolute atomic E-state index is 14.0. The van der Waals surface area contributed by atoms with Crippen LogP contribution in [0.2, 0.25) is 0 Å². The van der Waals surface area contributed by atoms with Crippen LogP contribution in [0, 0.1) is 23.7 Å². The molecule has 0 radical (unpaired) electrons. The Hall–Kier alpha value is -7.59. The molecule has 410 valence electrons. The second-order valence-corrected chi connectivity index (χ2v) is 22.1. The van der Waals surface area contributed by atoms with Gasteiger partial charge in [-0.1, -0.05) is 114 Å². The van der Waals surface area contributed by atoms with Gasteiger partial charge in [-0.25, -0.2) is 9.97 Å². The lowest BCUT2D eigenvalue weighted by atomic mass is 9.85. The van der Waals surface area contributed by atoms with Crippen LogP contribution in [0.4, 0.5) is 5.82 Å². The Labute approximate surface area is 461 Å². The van der Waals surface area contributed by atoms with Crippen LogP contribution in [0.15, 0.2) is 115 Å². The molecule has 0 unspecified atom stereocenters. The van der Waals surface area contributed by atoms with Crippen molar-refractivity contribution in [2.45, 2.75) is 136 Å². The number of β-amino-alcohol motifs (C(OH)–C–C–N with tert-alkyl or cyclic N) is 1. The molecule has 0 bridgehead atoms. The molecular weight excluding hydrogens is 1000 g/mol. The first-order chi connectivity index (χ1) is 37.6. The van der Waals surface area contributed by atoms with Gasteiger partial charge >= 0.3 is 0 Å². The Balaban J connectivity index is 0.756. The molecule has 18 heteroatoms. The smallest absolute Gasteiger partial charge is 0.247 e. The van der Waals surface area contributed by atoms with Crippen LogP contribution in [-0.4, -0.2) is 97.1 Å². The number of aryl methyl sites for hydroxylation is 2. The summed E-state index contributed by atoms with van der Waals surface area (Å²) in [4.78, 5) is 78.3. The minimum atomic E-state index is -0.883. The predicted molar refractivity (Wildman–Crippen MR) is 302 cm³/mol. The monoisotopic (exact) mass is 1080 g/mol. The Morgan fingerprint density at radius 3 is 2.22 bits per heavy atom. The molecule has 6 N–H and O–H groups in total. The molecule has 3 aromatic heterocycles. The number of hydrogen-bond acceptors (Lipinski definition) is 12. The first-order valence-electron chi connectivity index (χ1n) is 27.0. The number of anilines is 1. The quantitative estimate of drug-likeness (QED) is 0.0282. The Kier molecular flexibility index (Phi) is 21.0. The van der Waals surface area contributed by atoms with E-state index in [4.69, 9.17) is 5.26 Å². The van der Waals surface area contributed by atoms with E-state index in [1.54, 1.807) is 46.6 Å². The summed E-state index contributed by atoms with van der Waals surface area (Å²) in [5.41, 5.74) is 8.29. The number of rotatable bonds is 26. The number of nitriles is 1. The summed E-state index contributed by atoms with van der Waals surface area (Å²) in [7, 11) is 0. The van der Waals surface area contributed by atoms with Crippen molar-refractivity contribution in [1.82, 2.24) is 45.9 Å². The number of amides is 5. The lowest BCUT2D eigenvalue weighted by molar-refractivity contribution is -0.144. The molecule has 5 amide bonds. The molecular formula is C60H73N11O6S. The number of pyridine rings is 1. The average molecular weight is 1080 g/mol. The molecule has 5 atom stereocenters. The fourth-order valence-corrected chi connectivity index (χ4v) is 10.3. The fourth-order valence-electron chi connectivity index (χ4n) is 9.45. The molecule has 1 fully saturated rings. The number of benzene rings is 3. The van der Waals surface area contributed by atoms with E-state index in [9.17, 15) is 29.1 Å². The normalized spacial score (nSPS) is 15.4. The summed E-state index contributed by atoms with van der Waals surface area (Å²) < 4.78 is 1.80. The van der Waals surface area contributed by atoms with Crippen LogP contribution in [0.1, 0.15) is 125 Å². The zero-order valence-corrected chi connectivity index (χ0v) is 46.2. The maximum Gasteiger partial charge on any atom is 0.247 e. The van der Waals surface area contributed by atoms with E-state index in [1.165, 1.54) is 4.90 Å². The van der Waals surface area contributed by atoms with E-state index in [-0.39, 0.29) is 61.4 Å². The Morgan fingerprint density at radius 1 is 0.808 bits per heavy atom. The van der Waals surface area contributed by atoms with E-state index in [0.29, 0.717) is 50.3 Å². The highest BCUT2D eigenvalue weighted by Gasteiger charge is 2.44. The van der Waals surface area contributed by atoms with E-state index in [0.717, 1.165) is 69.6 Å². The standard InChI is InChI=1S/C60H73N11O6S/c1-40(44-23-19-42(32-61)20-24-44)33-64-54(45-15-10-9-11-16-45)58(76)68-51-28-27-47(35-63-51)48-36-67-70(37-48)30-14-18-52(73)62-29-13-8-6-7-12-17-53(74)69-56(60(3,4)5)59(77)71-38-49(72)31-50(71)57(75)65-34-43-21-25-46(26-22-43)55-41(2)66-39-78-55/h9-11,15-16,19-28,35-37,39-40,49-50,54,56,64,72H,6-8,12-14,17-18,29-31,33-34,38H2,1-5H3,(H,62,73)(H,65,75)(H,69,74)(H,63,68,76)/t40-,49-,50+,54-,56-/m1/s1. The van der Waals surface area contributed by atoms with Gasteiger partial charge < -0.3 is 36.6 Å². The topological polar surface area (TPSA) is 236 Å². The number of carbonyl (C=O) groups excluding carboxylic acids is 5. The highest BCUT2D eigenvalue weighted by atomic mass is 32.1. The van der Waals surface area contributed by atoms with Crippen LogP contribution in [-0.2, 0) is 37.1 Å². The summed E-state index contributed by atoms with van der Waals surface area (Å²) in [5, 5.41) is 39.5. The maximum atomic E-state index is 14.0. The van der Waals surface area contributed by atoms with Gasteiger partial charge in [-0.05, 0) is 84.0 Å². The Morgan fingerprint density at radius 2 is 1.53 bits per heavy atom. The van der Waals surface area contributed by atoms with Crippen LogP contribution < -0.4 is 26.6 Å². The molecule has 1 aliphatic heterocycles. The van der Waals surface area contributed by atoms with Crippen molar-refractivity contribution in [2.24, 2.45) is 5.41 Å². The van der Waals surface area contributed by atoms with Crippen molar-refractivity contribution in [3.8, 4) is 27.6 Å². The van der Waals surface area contributed by atoms with Crippen molar-refractivity contribution < 1.29 is 29.1 Å². The predicted octanol–water partition coefficient (Wildman–Crippen LogP) is 8.37. The third-order valence-electron chi connectivity index (χ3n) is 14.0. The van der Waals surface area contributed by atoms with Crippen molar-refractivity contribution in [3.05, 3.63) is 143 Å². The van der Waals surface area contributed by atoms with Gasteiger partial charge in [0.1, 0.15) is 23.9 Å². The molecule has 17 nitrogen and oxygen atoms in total. The van der Waals surface area contributed by atoms with Gasteiger partial charge in [0, 0.05) is 75.5 Å². The van der Waals surface area contributed by atoms with Gasteiger partial charge in [0.15, 0.2) is 0 Å². The number of aliphatic hydroxyl groups is 1. The number of likely N-dealkylation sites (tertiary alicyclic amines) is 1. The Bertz CT molecular complexity index is 2970. The number of carbonyl (C=O) groups is 5. The van der Waals surface area contributed by atoms with Gasteiger partial charge in [-0.3, -0.25) is 28.7 Å². The van der Waals surface area contributed by atoms with E-state index < -0.39 is 29.6 Å².